The van der Waals surface area contributed by atoms with Crippen molar-refractivity contribution in [2.45, 2.75) is 162 Å². The highest BCUT2D eigenvalue weighted by molar-refractivity contribution is 5.69. The molecule has 0 aromatic carbocycles. The van der Waals surface area contributed by atoms with Crippen molar-refractivity contribution in [1.82, 2.24) is 0 Å². The first-order valence-electron chi connectivity index (χ1n) is 13.9. The summed E-state index contributed by atoms with van der Waals surface area (Å²) in [7, 11) is 0. The van der Waals surface area contributed by atoms with Crippen molar-refractivity contribution in [3.63, 3.8) is 0 Å². The molecule has 30 heavy (non-hydrogen) atoms. The van der Waals surface area contributed by atoms with Crippen LogP contribution in [0.4, 0.5) is 0 Å². The van der Waals surface area contributed by atoms with E-state index in [0.29, 0.717) is 18.9 Å². The van der Waals surface area contributed by atoms with Gasteiger partial charge in [-0.25, -0.2) is 0 Å². The quantitative estimate of drug-likeness (QED) is 0.114. The molecular formula is C28H56O2. The summed E-state index contributed by atoms with van der Waals surface area (Å²) in [4.78, 5) is 12.1. The minimum absolute atomic E-state index is 0.0393. The summed E-state index contributed by atoms with van der Waals surface area (Å²) in [6, 6.07) is 0. The van der Waals surface area contributed by atoms with Crippen LogP contribution >= 0.6 is 0 Å². The van der Waals surface area contributed by atoms with Crippen LogP contribution in [0.3, 0.4) is 0 Å². The van der Waals surface area contributed by atoms with Crippen molar-refractivity contribution in [1.29, 1.82) is 0 Å². The average Bonchev–Trinajstić information content (AvgIpc) is 2.75. The predicted molar refractivity (Wildman–Crippen MR) is 133 cm³/mol. The first kappa shape index (κ1) is 29.5. The van der Waals surface area contributed by atoms with Gasteiger partial charge in [0.2, 0.25) is 0 Å². The fraction of sp³-hybridized carbons (Fsp3) is 0.964. The Hall–Kier alpha value is -0.530. The summed E-state index contributed by atoms with van der Waals surface area (Å²) in [6.45, 7) is 7.46. The molecule has 1 atom stereocenters. The van der Waals surface area contributed by atoms with Gasteiger partial charge in [-0.2, -0.15) is 0 Å². The minimum Gasteiger partial charge on any atom is -0.465 e. The number of carbonyl (C=O) groups excluding carboxylic acids is 1. The Labute approximate surface area is 190 Å². The van der Waals surface area contributed by atoms with E-state index < -0.39 is 0 Å². The zero-order chi connectivity index (χ0) is 22.1. The minimum atomic E-state index is 0.0393. The van der Waals surface area contributed by atoms with Crippen LogP contribution in [0.15, 0.2) is 0 Å². The molecule has 2 heteroatoms. The van der Waals surface area contributed by atoms with E-state index >= 15 is 0 Å². The second-order valence-electron chi connectivity index (χ2n) is 9.53. The van der Waals surface area contributed by atoms with Crippen LogP contribution in [0.5, 0.6) is 0 Å². The second-order valence-corrected chi connectivity index (χ2v) is 9.53. The molecule has 0 aromatic rings. The highest BCUT2D eigenvalue weighted by Gasteiger charge is 2.12. The zero-order valence-corrected chi connectivity index (χ0v) is 21.2. The molecule has 0 heterocycles. The summed E-state index contributed by atoms with van der Waals surface area (Å²) < 4.78 is 5.67. The zero-order valence-electron chi connectivity index (χ0n) is 21.2. The van der Waals surface area contributed by atoms with E-state index in [4.69, 9.17) is 4.74 Å². The molecule has 0 aliphatic carbocycles. The van der Waals surface area contributed by atoms with Crippen molar-refractivity contribution in [2.24, 2.45) is 5.92 Å². The molecule has 0 bridgehead atoms. The molecular weight excluding hydrogens is 368 g/mol. The maximum Gasteiger partial charge on any atom is 0.305 e. The SMILES string of the molecule is CCCCCCCCCCCCCC(=O)OCC(CCCCC)CCCCCCC. The van der Waals surface area contributed by atoms with Crippen molar-refractivity contribution < 1.29 is 9.53 Å². The Morgan fingerprint density at radius 3 is 1.40 bits per heavy atom. The Morgan fingerprint density at radius 1 is 0.533 bits per heavy atom. The molecule has 0 amide bonds. The number of hydrogen-bond acceptors (Lipinski definition) is 2. The second kappa shape index (κ2) is 24.7. The van der Waals surface area contributed by atoms with Crippen LogP contribution in [0.25, 0.3) is 0 Å². The molecule has 0 aromatic heterocycles. The third-order valence-electron chi connectivity index (χ3n) is 6.40. The first-order valence-corrected chi connectivity index (χ1v) is 13.9. The summed E-state index contributed by atoms with van der Waals surface area (Å²) in [6.07, 6.45) is 28.1. The predicted octanol–water partition coefficient (Wildman–Crippen LogP) is 9.79. The standard InChI is InChI=1S/C28H56O2/c1-4-7-10-12-13-14-15-16-17-19-22-25-28(29)30-26-27(23-20-9-6-3)24-21-18-11-8-5-2/h27H,4-26H2,1-3H3. The van der Waals surface area contributed by atoms with Crippen LogP contribution in [0.2, 0.25) is 0 Å². The van der Waals surface area contributed by atoms with Crippen molar-refractivity contribution in [3.05, 3.63) is 0 Å². The van der Waals surface area contributed by atoms with Gasteiger partial charge in [-0.15, -0.1) is 0 Å². The van der Waals surface area contributed by atoms with Gasteiger partial charge in [-0.3, -0.25) is 4.79 Å². The number of esters is 1. The van der Waals surface area contributed by atoms with Crippen molar-refractivity contribution in [2.75, 3.05) is 6.61 Å². The van der Waals surface area contributed by atoms with E-state index in [1.165, 1.54) is 128 Å². The number of hydrogen-bond donors (Lipinski definition) is 0. The first-order chi connectivity index (χ1) is 14.7. The Bertz CT molecular complexity index is 340. The van der Waals surface area contributed by atoms with Gasteiger partial charge in [-0.1, -0.05) is 136 Å². The number of carbonyl (C=O) groups is 1. The largest absolute Gasteiger partial charge is 0.465 e. The van der Waals surface area contributed by atoms with Gasteiger partial charge in [0.05, 0.1) is 6.61 Å². The molecule has 0 saturated heterocycles. The Balaban J connectivity index is 3.68. The smallest absolute Gasteiger partial charge is 0.305 e. The van der Waals surface area contributed by atoms with Crippen LogP contribution < -0.4 is 0 Å². The lowest BCUT2D eigenvalue weighted by Gasteiger charge is -2.17. The lowest BCUT2D eigenvalue weighted by molar-refractivity contribution is -0.145. The van der Waals surface area contributed by atoms with E-state index in [1.807, 2.05) is 0 Å². The molecule has 0 aliphatic heterocycles. The lowest BCUT2D eigenvalue weighted by Crippen LogP contribution is -2.14. The van der Waals surface area contributed by atoms with Gasteiger partial charge in [0.25, 0.3) is 0 Å². The average molecular weight is 425 g/mol. The summed E-state index contributed by atoms with van der Waals surface area (Å²) in [5, 5.41) is 0. The van der Waals surface area contributed by atoms with Crippen LogP contribution in [0, 0.1) is 5.92 Å². The van der Waals surface area contributed by atoms with Crippen LogP contribution in [0.1, 0.15) is 162 Å². The van der Waals surface area contributed by atoms with Gasteiger partial charge in [0.15, 0.2) is 0 Å². The number of unbranched alkanes of at least 4 members (excludes halogenated alkanes) is 16. The number of ether oxygens (including phenoxy) is 1. The number of rotatable bonds is 24. The maximum absolute atomic E-state index is 12.1. The summed E-state index contributed by atoms with van der Waals surface area (Å²) in [5.41, 5.74) is 0. The molecule has 0 spiro atoms. The lowest BCUT2D eigenvalue weighted by atomic mass is 9.95. The fourth-order valence-electron chi connectivity index (χ4n) is 4.25. The van der Waals surface area contributed by atoms with E-state index in [0.717, 1.165) is 6.42 Å². The van der Waals surface area contributed by atoms with Gasteiger partial charge >= 0.3 is 5.97 Å². The molecule has 0 saturated carbocycles. The molecule has 0 radical (unpaired) electrons. The maximum atomic E-state index is 12.1. The van der Waals surface area contributed by atoms with Gasteiger partial charge < -0.3 is 4.74 Å². The normalized spacial score (nSPS) is 12.2. The van der Waals surface area contributed by atoms with E-state index in [1.54, 1.807) is 0 Å². The van der Waals surface area contributed by atoms with Crippen molar-refractivity contribution in [3.8, 4) is 0 Å². The van der Waals surface area contributed by atoms with E-state index in [9.17, 15) is 4.79 Å². The third-order valence-corrected chi connectivity index (χ3v) is 6.40. The monoisotopic (exact) mass is 424 g/mol. The van der Waals surface area contributed by atoms with Gasteiger partial charge in [0.1, 0.15) is 0 Å². The molecule has 0 rings (SSSR count). The van der Waals surface area contributed by atoms with E-state index in [-0.39, 0.29) is 5.97 Å². The Morgan fingerprint density at radius 2 is 0.900 bits per heavy atom. The highest BCUT2D eigenvalue weighted by Crippen LogP contribution is 2.19. The van der Waals surface area contributed by atoms with Crippen LogP contribution in [-0.4, -0.2) is 12.6 Å². The molecule has 2 nitrogen and oxygen atoms in total. The van der Waals surface area contributed by atoms with Crippen LogP contribution in [-0.2, 0) is 9.53 Å². The molecule has 0 N–H and O–H groups in total. The molecule has 0 aliphatic rings. The summed E-state index contributed by atoms with van der Waals surface area (Å²) >= 11 is 0. The molecule has 180 valence electrons. The fourth-order valence-corrected chi connectivity index (χ4v) is 4.25. The van der Waals surface area contributed by atoms with Crippen molar-refractivity contribution >= 4 is 5.97 Å². The molecule has 1 unspecified atom stereocenters. The van der Waals surface area contributed by atoms with Gasteiger partial charge in [0, 0.05) is 6.42 Å². The Kier molecular flexibility index (Phi) is 24.3. The molecule has 0 fully saturated rings. The van der Waals surface area contributed by atoms with E-state index in [2.05, 4.69) is 20.8 Å². The third kappa shape index (κ3) is 22.2. The highest BCUT2D eigenvalue weighted by atomic mass is 16.5. The topological polar surface area (TPSA) is 26.3 Å². The van der Waals surface area contributed by atoms with Gasteiger partial charge in [-0.05, 0) is 25.2 Å². The summed E-state index contributed by atoms with van der Waals surface area (Å²) in [5.74, 6) is 0.622.